The highest BCUT2D eigenvalue weighted by Crippen LogP contribution is 2.30. The van der Waals surface area contributed by atoms with Crippen molar-refractivity contribution in [1.29, 1.82) is 0 Å². The van der Waals surface area contributed by atoms with Gasteiger partial charge in [-0.3, -0.25) is 10.1 Å². The molecule has 0 unspecified atom stereocenters. The van der Waals surface area contributed by atoms with Crippen LogP contribution in [0.4, 0.5) is 21.8 Å². The maximum atomic E-state index is 14.7. The fourth-order valence-electron chi connectivity index (χ4n) is 3.22. The van der Waals surface area contributed by atoms with E-state index >= 15 is 0 Å². The second-order valence-corrected chi connectivity index (χ2v) is 7.18. The lowest BCUT2D eigenvalue weighted by molar-refractivity contribution is 0.443. The summed E-state index contributed by atoms with van der Waals surface area (Å²) in [5.41, 5.74) is 9.55. The second kappa shape index (κ2) is 7.95. The van der Waals surface area contributed by atoms with Gasteiger partial charge in [0, 0.05) is 40.7 Å². The Morgan fingerprint density at radius 3 is 2.72 bits per heavy atom. The van der Waals surface area contributed by atoms with Crippen LogP contribution in [0.5, 0.6) is 11.5 Å². The van der Waals surface area contributed by atoms with E-state index in [0.717, 1.165) is 22.2 Å². The van der Waals surface area contributed by atoms with Crippen LogP contribution < -0.4 is 15.8 Å². The summed E-state index contributed by atoms with van der Waals surface area (Å²) < 4.78 is 20.4. The highest BCUT2D eigenvalue weighted by molar-refractivity contribution is 5.79. The summed E-state index contributed by atoms with van der Waals surface area (Å²) in [7, 11) is 0. The Balaban J connectivity index is 1.36. The van der Waals surface area contributed by atoms with Crippen LogP contribution in [0.25, 0.3) is 22.2 Å². The van der Waals surface area contributed by atoms with Crippen molar-refractivity contribution < 1.29 is 9.13 Å². The standard InChI is InChI=1S/C23H18FN7O/c1-13-2-3-14(11-26-13)20-10-22(30-23(25)29-20)28-16-4-7-21(18(24)9-16)32-17-5-6-19-15(8-17)12-27-31-19/h2-12H,1H3,(H,27,31)(H3,25,28,29,30). The van der Waals surface area contributed by atoms with E-state index < -0.39 is 5.82 Å². The van der Waals surface area contributed by atoms with Gasteiger partial charge in [0.2, 0.25) is 5.95 Å². The third kappa shape index (κ3) is 4.04. The molecule has 5 rings (SSSR count). The zero-order valence-corrected chi connectivity index (χ0v) is 17.0. The predicted octanol–water partition coefficient (Wildman–Crippen LogP) is 4.98. The van der Waals surface area contributed by atoms with E-state index in [4.69, 9.17) is 10.5 Å². The monoisotopic (exact) mass is 427 g/mol. The van der Waals surface area contributed by atoms with Crippen molar-refractivity contribution in [2.75, 3.05) is 11.1 Å². The molecule has 0 aliphatic carbocycles. The van der Waals surface area contributed by atoms with Gasteiger partial charge in [-0.25, -0.2) is 9.37 Å². The molecule has 0 atom stereocenters. The van der Waals surface area contributed by atoms with Crippen molar-refractivity contribution >= 4 is 28.4 Å². The molecule has 0 aliphatic heterocycles. The van der Waals surface area contributed by atoms with Gasteiger partial charge in [-0.2, -0.15) is 10.1 Å². The minimum Gasteiger partial charge on any atom is -0.454 e. The molecule has 0 fully saturated rings. The number of nitrogens with zero attached hydrogens (tertiary/aromatic N) is 4. The molecule has 3 heterocycles. The fourth-order valence-corrected chi connectivity index (χ4v) is 3.22. The molecule has 2 aromatic carbocycles. The number of H-pyrrole nitrogens is 1. The summed E-state index contributed by atoms with van der Waals surface area (Å²) in [6.07, 6.45) is 3.40. The average molecular weight is 427 g/mol. The van der Waals surface area contributed by atoms with E-state index in [2.05, 4.69) is 30.5 Å². The van der Waals surface area contributed by atoms with Crippen LogP contribution in [0, 0.1) is 12.7 Å². The first-order valence-electron chi connectivity index (χ1n) is 9.79. The number of aromatic nitrogens is 5. The molecule has 3 aromatic heterocycles. The number of nitrogens with two attached hydrogens (primary N) is 1. The number of ether oxygens (including phenoxy) is 1. The van der Waals surface area contributed by atoms with Crippen LogP contribution in [0.1, 0.15) is 5.69 Å². The van der Waals surface area contributed by atoms with Gasteiger partial charge in [0.1, 0.15) is 11.6 Å². The van der Waals surface area contributed by atoms with Gasteiger partial charge in [0.05, 0.1) is 17.4 Å². The highest BCUT2D eigenvalue weighted by atomic mass is 19.1. The number of hydrogen-bond acceptors (Lipinski definition) is 7. The van der Waals surface area contributed by atoms with E-state index in [1.807, 2.05) is 25.1 Å². The first-order valence-corrected chi connectivity index (χ1v) is 9.79. The molecule has 0 amide bonds. The normalized spacial score (nSPS) is 10.9. The third-order valence-corrected chi connectivity index (χ3v) is 4.79. The summed E-state index contributed by atoms with van der Waals surface area (Å²) in [5, 5.41) is 10.8. The molecular weight excluding hydrogens is 409 g/mol. The Bertz CT molecular complexity index is 1420. The first kappa shape index (κ1) is 19.4. The maximum absolute atomic E-state index is 14.7. The SMILES string of the molecule is Cc1ccc(-c2cc(Nc3ccc(Oc4ccc5[nH]ncc5c4)c(F)c3)nc(N)n2)cn1. The first-order chi connectivity index (χ1) is 15.5. The topological polar surface area (TPSA) is 115 Å². The number of rotatable bonds is 5. The molecule has 0 aliphatic rings. The quantitative estimate of drug-likeness (QED) is 0.362. The van der Waals surface area contributed by atoms with Gasteiger partial charge in [0.25, 0.3) is 0 Å². The van der Waals surface area contributed by atoms with Crippen molar-refractivity contribution in [3.8, 4) is 22.8 Å². The zero-order chi connectivity index (χ0) is 22.1. The number of halogens is 1. The second-order valence-electron chi connectivity index (χ2n) is 7.18. The summed E-state index contributed by atoms with van der Waals surface area (Å²) in [5.74, 6) is 0.630. The Morgan fingerprint density at radius 1 is 1.00 bits per heavy atom. The van der Waals surface area contributed by atoms with Crippen molar-refractivity contribution in [1.82, 2.24) is 25.1 Å². The summed E-state index contributed by atoms with van der Waals surface area (Å²) >= 11 is 0. The van der Waals surface area contributed by atoms with E-state index in [1.165, 1.54) is 6.07 Å². The van der Waals surface area contributed by atoms with Gasteiger partial charge < -0.3 is 15.8 Å². The van der Waals surface area contributed by atoms with Crippen LogP contribution in [-0.4, -0.2) is 25.1 Å². The van der Waals surface area contributed by atoms with E-state index in [-0.39, 0.29) is 11.7 Å². The van der Waals surface area contributed by atoms with Gasteiger partial charge in [-0.05, 0) is 49.4 Å². The summed E-state index contributed by atoms with van der Waals surface area (Å²) in [6, 6.07) is 15.5. The van der Waals surface area contributed by atoms with E-state index in [9.17, 15) is 4.39 Å². The highest BCUT2D eigenvalue weighted by Gasteiger charge is 2.10. The zero-order valence-electron chi connectivity index (χ0n) is 17.0. The van der Waals surface area contributed by atoms with Crippen LogP contribution >= 0.6 is 0 Å². The molecule has 5 aromatic rings. The number of aryl methyl sites for hydroxylation is 1. The molecule has 0 saturated carbocycles. The summed E-state index contributed by atoms with van der Waals surface area (Å²) in [4.78, 5) is 12.7. The fraction of sp³-hybridized carbons (Fsp3) is 0.0435. The molecule has 4 N–H and O–H groups in total. The molecule has 9 heteroatoms. The number of aromatic amines is 1. The largest absolute Gasteiger partial charge is 0.454 e. The van der Waals surface area contributed by atoms with Crippen molar-refractivity contribution in [2.24, 2.45) is 0 Å². The van der Waals surface area contributed by atoms with E-state index in [1.54, 1.807) is 42.7 Å². The predicted molar refractivity (Wildman–Crippen MR) is 120 cm³/mol. The van der Waals surface area contributed by atoms with Gasteiger partial charge >= 0.3 is 0 Å². The number of fused-ring (bicyclic) bond motifs is 1. The maximum Gasteiger partial charge on any atom is 0.222 e. The Kier molecular flexibility index (Phi) is 4.83. The molecular formula is C23H18FN7O. The molecule has 32 heavy (non-hydrogen) atoms. The Hall–Kier alpha value is -4.53. The lowest BCUT2D eigenvalue weighted by Crippen LogP contribution is -2.02. The lowest BCUT2D eigenvalue weighted by Gasteiger charge is -2.11. The molecule has 0 radical (unpaired) electrons. The minimum atomic E-state index is -0.521. The van der Waals surface area contributed by atoms with E-state index in [0.29, 0.717) is 22.9 Å². The number of anilines is 3. The smallest absolute Gasteiger partial charge is 0.222 e. The van der Waals surface area contributed by atoms with Crippen LogP contribution in [-0.2, 0) is 0 Å². The molecule has 0 bridgehead atoms. The van der Waals surface area contributed by atoms with Gasteiger partial charge in [-0.15, -0.1) is 0 Å². The van der Waals surface area contributed by atoms with Gasteiger partial charge in [0.15, 0.2) is 11.6 Å². The Labute approximate surface area is 182 Å². The van der Waals surface area contributed by atoms with Crippen LogP contribution in [0.3, 0.4) is 0 Å². The van der Waals surface area contributed by atoms with Crippen molar-refractivity contribution in [3.63, 3.8) is 0 Å². The molecule has 8 nitrogen and oxygen atoms in total. The number of nitrogen functional groups attached to an aromatic ring is 1. The number of hydrogen-bond donors (Lipinski definition) is 3. The summed E-state index contributed by atoms with van der Waals surface area (Å²) in [6.45, 7) is 1.91. The van der Waals surface area contributed by atoms with Crippen LogP contribution in [0.15, 0.2) is 67.0 Å². The van der Waals surface area contributed by atoms with Crippen molar-refractivity contribution in [3.05, 3.63) is 78.5 Å². The third-order valence-electron chi connectivity index (χ3n) is 4.79. The number of nitrogens with one attached hydrogen (secondary N) is 2. The molecule has 0 saturated heterocycles. The van der Waals surface area contributed by atoms with Gasteiger partial charge in [-0.1, -0.05) is 0 Å². The lowest BCUT2D eigenvalue weighted by atomic mass is 10.2. The number of pyridine rings is 1. The Morgan fingerprint density at radius 2 is 1.91 bits per heavy atom. The minimum absolute atomic E-state index is 0.0978. The number of benzene rings is 2. The molecule has 158 valence electrons. The molecule has 0 spiro atoms. The average Bonchev–Trinajstić information content (AvgIpc) is 3.24. The van der Waals surface area contributed by atoms with Crippen LogP contribution in [0.2, 0.25) is 0 Å². The van der Waals surface area contributed by atoms with Crippen molar-refractivity contribution in [2.45, 2.75) is 6.92 Å².